The zero-order chi connectivity index (χ0) is 15.1. The maximum Gasteiger partial charge on any atom is 0.00924 e. The molecule has 2 nitrogen and oxygen atoms in total. The normalized spacial score (nSPS) is 23.9. The molecule has 2 heteroatoms. The van der Waals surface area contributed by atoms with Crippen molar-refractivity contribution in [3.8, 4) is 0 Å². The second-order valence-electron chi connectivity index (χ2n) is 8.29. The summed E-state index contributed by atoms with van der Waals surface area (Å²) in [6.45, 7) is 8.37. The first kappa shape index (κ1) is 17.3. The molecule has 21 heavy (non-hydrogen) atoms. The largest absolute Gasteiger partial charge is 0.316 e. The molecule has 0 radical (unpaired) electrons. The average molecular weight is 295 g/mol. The summed E-state index contributed by atoms with van der Waals surface area (Å²) in [6, 6.07) is 0.871. The quantitative estimate of drug-likeness (QED) is 0.698. The SMILES string of the molecule is CC(C)CNCC1(CN(C)C2CCCC2)CCCCCC1. The minimum absolute atomic E-state index is 0.544. The molecular weight excluding hydrogens is 256 g/mol. The number of nitrogens with zero attached hydrogens (tertiary/aromatic N) is 1. The second kappa shape index (κ2) is 8.53. The Balaban J connectivity index is 1.92. The van der Waals surface area contributed by atoms with Gasteiger partial charge in [0.15, 0.2) is 0 Å². The van der Waals surface area contributed by atoms with Crippen LogP contribution in [-0.2, 0) is 0 Å². The van der Waals surface area contributed by atoms with Crippen LogP contribution in [-0.4, -0.2) is 37.6 Å². The van der Waals surface area contributed by atoms with Crippen molar-refractivity contribution >= 4 is 0 Å². The highest BCUT2D eigenvalue weighted by Crippen LogP contribution is 2.36. The summed E-state index contributed by atoms with van der Waals surface area (Å²) >= 11 is 0. The Bertz CT molecular complexity index is 273. The first-order chi connectivity index (χ1) is 10.1. The molecule has 0 atom stereocenters. The summed E-state index contributed by atoms with van der Waals surface area (Å²) < 4.78 is 0. The van der Waals surface area contributed by atoms with E-state index >= 15 is 0 Å². The van der Waals surface area contributed by atoms with Crippen molar-refractivity contribution in [1.82, 2.24) is 10.2 Å². The minimum atomic E-state index is 0.544. The molecule has 124 valence electrons. The van der Waals surface area contributed by atoms with Crippen molar-refractivity contribution in [3.05, 3.63) is 0 Å². The van der Waals surface area contributed by atoms with Crippen LogP contribution in [0.3, 0.4) is 0 Å². The van der Waals surface area contributed by atoms with Gasteiger partial charge < -0.3 is 10.2 Å². The van der Waals surface area contributed by atoms with Gasteiger partial charge in [-0.05, 0) is 50.6 Å². The topological polar surface area (TPSA) is 15.3 Å². The molecule has 0 bridgehead atoms. The summed E-state index contributed by atoms with van der Waals surface area (Å²) in [5.41, 5.74) is 0.544. The molecule has 0 aliphatic heterocycles. The van der Waals surface area contributed by atoms with E-state index in [9.17, 15) is 0 Å². The highest BCUT2D eigenvalue weighted by molar-refractivity contribution is 4.89. The van der Waals surface area contributed by atoms with E-state index in [2.05, 4.69) is 31.1 Å². The van der Waals surface area contributed by atoms with Crippen LogP contribution in [0.4, 0.5) is 0 Å². The fraction of sp³-hybridized carbons (Fsp3) is 1.00. The summed E-state index contributed by atoms with van der Waals surface area (Å²) in [6.07, 6.45) is 14.5. The van der Waals surface area contributed by atoms with Crippen molar-refractivity contribution in [2.75, 3.05) is 26.7 Å². The van der Waals surface area contributed by atoms with Crippen molar-refractivity contribution in [2.45, 2.75) is 84.1 Å². The highest BCUT2D eigenvalue weighted by atomic mass is 15.1. The Morgan fingerprint density at radius 1 is 1.00 bits per heavy atom. The molecular formula is C19H38N2. The van der Waals surface area contributed by atoms with E-state index in [0.29, 0.717) is 5.41 Å². The molecule has 0 aromatic rings. The summed E-state index contributed by atoms with van der Waals surface area (Å²) in [5, 5.41) is 3.79. The third kappa shape index (κ3) is 5.56. The van der Waals surface area contributed by atoms with Crippen LogP contribution < -0.4 is 5.32 Å². The van der Waals surface area contributed by atoms with Gasteiger partial charge in [-0.15, -0.1) is 0 Å². The predicted octanol–water partition coefficient (Wildman–Crippen LogP) is 4.45. The van der Waals surface area contributed by atoms with E-state index in [1.807, 2.05) is 0 Å². The Labute approximate surface area is 133 Å². The molecule has 2 saturated carbocycles. The Hall–Kier alpha value is -0.0800. The molecule has 2 rings (SSSR count). The van der Waals surface area contributed by atoms with Gasteiger partial charge in [0.25, 0.3) is 0 Å². The monoisotopic (exact) mass is 294 g/mol. The standard InChI is InChI=1S/C19H38N2/c1-17(2)14-20-15-19(12-8-4-5-9-13-19)16-21(3)18-10-6-7-11-18/h17-18,20H,4-16H2,1-3H3. The van der Waals surface area contributed by atoms with E-state index in [4.69, 9.17) is 0 Å². The van der Waals surface area contributed by atoms with E-state index in [-0.39, 0.29) is 0 Å². The zero-order valence-corrected chi connectivity index (χ0v) is 14.8. The first-order valence-electron chi connectivity index (χ1n) is 9.52. The minimum Gasteiger partial charge on any atom is -0.316 e. The van der Waals surface area contributed by atoms with Crippen molar-refractivity contribution in [1.29, 1.82) is 0 Å². The summed E-state index contributed by atoms with van der Waals surface area (Å²) in [7, 11) is 2.39. The fourth-order valence-corrected chi connectivity index (χ4v) is 4.50. The van der Waals surface area contributed by atoms with E-state index in [1.165, 1.54) is 83.8 Å². The van der Waals surface area contributed by atoms with E-state index < -0.39 is 0 Å². The fourth-order valence-electron chi connectivity index (χ4n) is 4.50. The Morgan fingerprint density at radius 2 is 1.62 bits per heavy atom. The average Bonchev–Trinajstić information content (AvgIpc) is 2.88. The lowest BCUT2D eigenvalue weighted by molar-refractivity contribution is 0.115. The molecule has 0 saturated heterocycles. The maximum absolute atomic E-state index is 3.79. The van der Waals surface area contributed by atoms with E-state index in [1.54, 1.807) is 0 Å². The molecule has 0 amide bonds. The molecule has 2 aliphatic rings. The van der Waals surface area contributed by atoms with Gasteiger partial charge in [0, 0.05) is 19.1 Å². The van der Waals surface area contributed by atoms with Crippen LogP contribution in [0.5, 0.6) is 0 Å². The number of hydrogen-bond acceptors (Lipinski definition) is 2. The maximum atomic E-state index is 3.79. The predicted molar refractivity (Wildman–Crippen MR) is 92.7 cm³/mol. The smallest absolute Gasteiger partial charge is 0.00924 e. The molecule has 0 spiro atoms. The van der Waals surface area contributed by atoms with Crippen LogP contribution in [0.1, 0.15) is 78.1 Å². The van der Waals surface area contributed by atoms with Crippen LogP contribution >= 0.6 is 0 Å². The van der Waals surface area contributed by atoms with Gasteiger partial charge in [0.05, 0.1) is 0 Å². The lowest BCUT2D eigenvalue weighted by Gasteiger charge is -2.39. The van der Waals surface area contributed by atoms with Crippen LogP contribution in [0.15, 0.2) is 0 Å². The molecule has 2 aliphatic carbocycles. The molecule has 2 fully saturated rings. The van der Waals surface area contributed by atoms with Crippen molar-refractivity contribution < 1.29 is 0 Å². The molecule has 0 heterocycles. The third-order valence-corrected chi connectivity index (χ3v) is 5.75. The molecule has 0 aromatic heterocycles. The van der Waals surface area contributed by atoms with Crippen LogP contribution in [0.2, 0.25) is 0 Å². The number of nitrogens with one attached hydrogen (secondary N) is 1. The molecule has 1 N–H and O–H groups in total. The van der Waals surface area contributed by atoms with Crippen molar-refractivity contribution in [3.63, 3.8) is 0 Å². The van der Waals surface area contributed by atoms with Gasteiger partial charge in [-0.2, -0.15) is 0 Å². The summed E-state index contributed by atoms with van der Waals surface area (Å²) in [4.78, 5) is 2.72. The third-order valence-electron chi connectivity index (χ3n) is 5.75. The van der Waals surface area contributed by atoms with Gasteiger partial charge in [-0.3, -0.25) is 0 Å². The number of hydrogen-bond donors (Lipinski definition) is 1. The zero-order valence-electron chi connectivity index (χ0n) is 14.8. The van der Waals surface area contributed by atoms with Gasteiger partial charge >= 0.3 is 0 Å². The Kier molecular flexibility index (Phi) is 7.01. The van der Waals surface area contributed by atoms with Gasteiger partial charge in [0.2, 0.25) is 0 Å². The number of rotatable bonds is 7. The molecule has 0 unspecified atom stereocenters. The van der Waals surface area contributed by atoms with Crippen LogP contribution in [0, 0.1) is 11.3 Å². The van der Waals surface area contributed by atoms with Gasteiger partial charge in [-0.1, -0.05) is 52.4 Å². The Morgan fingerprint density at radius 3 is 2.19 bits per heavy atom. The lowest BCUT2D eigenvalue weighted by Crippen LogP contribution is -2.46. The first-order valence-corrected chi connectivity index (χ1v) is 9.52. The highest BCUT2D eigenvalue weighted by Gasteiger charge is 2.34. The summed E-state index contributed by atoms with van der Waals surface area (Å²) in [5.74, 6) is 0.764. The molecule has 0 aromatic carbocycles. The lowest BCUT2D eigenvalue weighted by atomic mass is 9.79. The van der Waals surface area contributed by atoms with Crippen molar-refractivity contribution in [2.24, 2.45) is 11.3 Å². The van der Waals surface area contributed by atoms with Gasteiger partial charge in [-0.25, -0.2) is 0 Å². The van der Waals surface area contributed by atoms with E-state index in [0.717, 1.165) is 12.0 Å². The second-order valence-corrected chi connectivity index (χ2v) is 8.29. The van der Waals surface area contributed by atoms with Gasteiger partial charge in [0.1, 0.15) is 0 Å². The van der Waals surface area contributed by atoms with Crippen LogP contribution in [0.25, 0.3) is 0 Å².